The zero-order chi connectivity index (χ0) is 52.6. The van der Waals surface area contributed by atoms with Gasteiger partial charge in [-0.2, -0.15) is 0 Å². The molecule has 0 amide bonds. The van der Waals surface area contributed by atoms with Crippen LogP contribution in [0.5, 0.6) is 0 Å². The SMILES string of the molecule is Cc1cc2c3c(c1)N(c1ccc4c(c1)C(C)(C)CCC4(C)C)c1oc4cc5c(cc4c1B3c1cc3c4cc1N2c1ccc(C(C)(C)C)cc1-c1ccc(cc1)C(C)(C)C(CC3(C)C)C4(C)C)C(C)(C)CCC5(C)C. The molecule has 0 fully saturated rings. The molecule has 0 saturated carbocycles. The van der Waals surface area contributed by atoms with Crippen molar-refractivity contribution in [2.75, 3.05) is 9.80 Å². The van der Waals surface area contributed by atoms with E-state index in [0.717, 1.165) is 37.2 Å². The highest BCUT2D eigenvalue weighted by molar-refractivity contribution is 7.01. The largest absolute Gasteiger partial charge is 0.440 e. The molecule has 7 aliphatic rings. The third-order valence-electron chi connectivity index (χ3n) is 21.0. The Hall–Kier alpha value is -5.48. The van der Waals surface area contributed by atoms with Crippen molar-refractivity contribution >= 4 is 68.4 Å². The van der Waals surface area contributed by atoms with Crippen LogP contribution in [-0.2, 0) is 43.3 Å². The predicted octanol–water partition coefficient (Wildman–Crippen LogP) is 17.4. The van der Waals surface area contributed by atoms with Gasteiger partial charge in [-0.3, -0.25) is 4.90 Å². The van der Waals surface area contributed by atoms with Gasteiger partial charge in [0.05, 0.1) is 5.69 Å². The molecule has 0 spiro atoms. The van der Waals surface area contributed by atoms with Crippen LogP contribution in [0.25, 0.3) is 22.1 Å². The summed E-state index contributed by atoms with van der Waals surface area (Å²) in [6.07, 6.45) is 5.76. The average Bonchev–Trinajstić information content (AvgIpc) is 3.70. The van der Waals surface area contributed by atoms with Gasteiger partial charge in [-0.25, -0.2) is 0 Å². The predicted molar refractivity (Wildman–Crippen MR) is 317 cm³/mol. The molecule has 0 N–H and O–H groups in total. The minimum absolute atomic E-state index is 0.0317. The molecule has 380 valence electrons. The Kier molecular flexibility index (Phi) is 9.58. The number of hydrogen-bond donors (Lipinski definition) is 0. The standard InChI is InChI=1S/C70H81BN2O/c1-40-31-56-61-57(32-40)73-54-26-23-43(63(2,3)4)33-45(54)41-19-21-42(22-20-41)69(15,16)59-39-68(13,14)50-36-53(55(73)37-52(50)70(59,17)18)71(61)60-46-35-49-51(67(11,12)30-29-66(49,9)10)38-58(46)74-62(60)72(56)44-24-25-47-48(34-44)65(7,8)28-27-64(47,5)6/h19-26,31-38,59H,27-30,39H2,1-18H3. The van der Waals surface area contributed by atoms with Gasteiger partial charge in [-0.15, -0.1) is 0 Å². The smallest absolute Gasteiger partial charge is 0.257 e. The first-order chi connectivity index (χ1) is 34.4. The number of nitrogens with zero attached hydrogens (tertiary/aromatic N) is 2. The summed E-state index contributed by atoms with van der Waals surface area (Å²) in [6.45, 7) is 44.2. The molecule has 1 atom stereocenters. The van der Waals surface area contributed by atoms with Crippen molar-refractivity contribution in [1.29, 1.82) is 0 Å². The van der Waals surface area contributed by atoms with Gasteiger partial charge in [0.2, 0.25) is 5.88 Å². The summed E-state index contributed by atoms with van der Waals surface area (Å²) in [5, 5.41) is 1.26. The average molecular weight is 977 g/mol. The maximum absolute atomic E-state index is 7.71. The van der Waals surface area contributed by atoms with Crippen LogP contribution in [-0.4, -0.2) is 6.71 Å². The first-order valence-corrected chi connectivity index (χ1v) is 28.4. The van der Waals surface area contributed by atoms with Crippen molar-refractivity contribution in [2.24, 2.45) is 5.92 Å². The highest BCUT2D eigenvalue weighted by Crippen LogP contribution is 2.59. The van der Waals surface area contributed by atoms with Crippen LogP contribution >= 0.6 is 0 Å². The molecule has 4 aliphatic heterocycles. The van der Waals surface area contributed by atoms with Crippen molar-refractivity contribution in [2.45, 2.75) is 200 Å². The van der Waals surface area contributed by atoms with Crippen LogP contribution in [0.15, 0.2) is 101 Å². The molecule has 1 unspecified atom stereocenters. The van der Waals surface area contributed by atoms with Gasteiger partial charge in [0, 0.05) is 39.2 Å². The number of hydrogen-bond acceptors (Lipinski definition) is 3. The second-order valence-electron chi connectivity index (χ2n) is 29.9. The lowest BCUT2D eigenvalue weighted by atomic mass is 9.33. The fourth-order valence-electron chi connectivity index (χ4n) is 16.0. The summed E-state index contributed by atoms with van der Waals surface area (Å²) in [5.41, 5.74) is 26.5. The molecule has 5 bridgehead atoms. The van der Waals surface area contributed by atoms with E-state index in [1.165, 1.54) is 118 Å². The van der Waals surface area contributed by atoms with Crippen LogP contribution in [0.3, 0.4) is 0 Å². The van der Waals surface area contributed by atoms with E-state index >= 15 is 0 Å². The molecule has 4 heteroatoms. The second-order valence-corrected chi connectivity index (χ2v) is 29.9. The van der Waals surface area contributed by atoms with Crippen LogP contribution in [0, 0.1) is 12.8 Å². The monoisotopic (exact) mass is 977 g/mol. The number of benzene rings is 6. The quantitative estimate of drug-likeness (QED) is 0.153. The molecule has 1 aromatic heterocycles. The van der Waals surface area contributed by atoms with E-state index in [4.69, 9.17) is 4.42 Å². The molecule has 0 saturated heterocycles. The Balaban J connectivity index is 1.20. The van der Waals surface area contributed by atoms with E-state index in [9.17, 15) is 0 Å². The topological polar surface area (TPSA) is 19.6 Å². The molecule has 5 heterocycles. The normalized spacial score (nSPS) is 22.2. The minimum atomic E-state index is -0.123. The molecule has 74 heavy (non-hydrogen) atoms. The highest BCUT2D eigenvalue weighted by atomic mass is 16.4. The van der Waals surface area contributed by atoms with Crippen molar-refractivity contribution in [1.82, 2.24) is 0 Å². The summed E-state index contributed by atoms with van der Waals surface area (Å²) in [4.78, 5) is 5.29. The maximum atomic E-state index is 7.71. The molecule has 3 aliphatic carbocycles. The van der Waals surface area contributed by atoms with E-state index in [1.807, 2.05) is 0 Å². The number of furan rings is 1. The van der Waals surface area contributed by atoms with Crippen molar-refractivity contribution < 1.29 is 4.42 Å². The van der Waals surface area contributed by atoms with E-state index in [2.05, 4.69) is 231 Å². The van der Waals surface area contributed by atoms with Crippen molar-refractivity contribution in [3.63, 3.8) is 0 Å². The third kappa shape index (κ3) is 6.51. The first kappa shape index (κ1) is 48.2. The summed E-state index contributed by atoms with van der Waals surface area (Å²) < 4.78 is 7.71. The fourth-order valence-corrected chi connectivity index (χ4v) is 16.0. The van der Waals surface area contributed by atoms with Gasteiger partial charge in [-0.05, 0) is 209 Å². The molecule has 0 radical (unpaired) electrons. The fraction of sp³-hybridized carbons (Fsp3) is 0.457. The van der Waals surface area contributed by atoms with Crippen LogP contribution < -0.4 is 26.2 Å². The van der Waals surface area contributed by atoms with E-state index in [1.54, 1.807) is 0 Å². The zero-order valence-electron chi connectivity index (χ0n) is 48.2. The van der Waals surface area contributed by atoms with Crippen LogP contribution in [0.1, 0.15) is 200 Å². The number of rotatable bonds is 1. The van der Waals surface area contributed by atoms with E-state index in [0.29, 0.717) is 5.92 Å². The number of fused-ring (bicyclic) bond motifs is 9. The van der Waals surface area contributed by atoms with Crippen LogP contribution in [0.2, 0.25) is 0 Å². The van der Waals surface area contributed by atoms with Gasteiger partial charge < -0.3 is 9.32 Å². The highest BCUT2D eigenvalue weighted by Gasteiger charge is 2.54. The van der Waals surface area contributed by atoms with E-state index < -0.39 is 0 Å². The molecule has 7 aromatic rings. The first-order valence-electron chi connectivity index (χ1n) is 28.4. The summed E-state index contributed by atoms with van der Waals surface area (Å²) in [6, 6.07) is 40.2. The lowest BCUT2D eigenvalue weighted by Crippen LogP contribution is -2.62. The molecule has 3 nitrogen and oxygen atoms in total. The zero-order valence-corrected chi connectivity index (χ0v) is 48.2. The Morgan fingerprint density at radius 3 is 1.72 bits per heavy atom. The van der Waals surface area contributed by atoms with Gasteiger partial charge in [0.15, 0.2) is 0 Å². The van der Waals surface area contributed by atoms with Gasteiger partial charge >= 0.3 is 0 Å². The Morgan fingerprint density at radius 1 is 0.500 bits per heavy atom. The van der Waals surface area contributed by atoms with Gasteiger partial charge in [0.1, 0.15) is 5.58 Å². The van der Waals surface area contributed by atoms with E-state index in [-0.39, 0.29) is 50.0 Å². The second kappa shape index (κ2) is 14.7. The minimum Gasteiger partial charge on any atom is -0.440 e. The summed E-state index contributed by atoms with van der Waals surface area (Å²) >= 11 is 0. The lowest BCUT2D eigenvalue weighted by Gasteiger charge is -2.54. The van der Waals surface area contributed by atoms with Gasteiger partial charge in [0.25, 0.3) is 6.71 Å². The molecular weight excluding hydrogens is 896 g/mol. The Morgan fingerprint density at radius 2 is 1.08 bits per heavy atom. The Labute approximate surface area is 444 Å². The summed E-state index contributed by atoms with van der Waals surface area (Å²) in [7, 11) is 0. The number of anilines is 6. The molecule has 14 rings (SSSR count). The molecular formula is C70H81BN2O. The van der Waals surface area contributed by atoms with Crippen molar-refractivity contribution in [3.05, 3.63) is 147 Å². The maximum Gasteiger partial charge on any atom is 0.257 e. The summed E-state index contributed by atoms with van der Waals surface area (Å²) in [5.74, 6) is 1.37. The lowest BCUT2D eigenvalue weighted by molar-refractivity contribution is 0.134. The third-order valence-corrected chi connectivity index (χ3v) is 21.0. The molecule has 6 aromatic carbocycles. The Bertz CT molecular complexity index is 3580. The van der Waals surface area contributed by atoms with Crippen LogP contribution in [0.4, 0.5) is 34.3 Å². The number of aryl methyl sites for hydroxylation is 1. The van der Waals surface area contributed by atoms with Gasteiger partial charge in [-0.1, -0.05) is 160 Å². The van der Waals surface area contributed by atoms with Crippen molar-refractivity contribution in [3.8, 4) is 11.1 Å².